The van der Waals surface area contributed by atoms with Gasteiger partial charge in [0.15, 0.2) is 5.96 Å². The number of likely N-dealkylation sites (tertiary alicyclic amines) is 1. The molecular weight excluding hydrogens is 324 g/mol. The number of guanidine groups is 1. The first-order valence-electron chi connectivity index (χ1n) is 8.91. The SMILES string of the molecule is COCCCOC1CCN(C(=NCC(=O)N(C)C)NCCOC)CC1. The minimum Gasteiger partial charge on any atom is -0.385 e. The van der Waals surface area contributed by atoms with Crippen LogP contribution in [0.25, 0.3) is 0 Å². The predicted molar refractivity (Wildman–Crippen MR) is 97.9 cm³/mol. The molecule has 0 unspecified atom stereocenters. The highest BCUT2D eigenvalue weighted by Gasteiger charge is 2.22. The Morgan fingerprint density at radius 2 is 1.84 bits per heavy atom. The minimum absolute atomic E-state index is 0.0117. The molecule has 0 radical (unpaired) electrons. The lowest BCUT2D eigenvalue weighted by molar-refractivity contribution is -0.127. The highest BCUT2D eigenvalue weighted by atomic mass is 16.5. The topological polar surface area (TPSA) is 75.6 Å². The van der Waals surface area contributed by atoms with Gasteiger partial charge in [-0.05, 0) is 19.3 Å². The molecule has 1 aliphatic rings. The van der Waals surface area contributed by atoms with E-state index in [1.54, 1.807) is 33.2 Å². The van der Waals surface area contributed by atoms with E-state index >= 15 is 0 Å². The molecule has 1 saturated heterocycles. The van der Waals surface area contributed by atoms with E-state index in [-0.39, 0.29) is 18.6 Å². The van der Waals surface area contributed by atoms with Crippen LogP contribution in [0, 0.1) is 0 Å². The van der Waals surface area contributed by atoms with Crippen molar-refractivity contribution in [1.29, 1.82) is 0 Å². The second-order valence-electron chi connectivity index (χ2n) is 6.25. The third-order valence-corrected chi connectivity index (χ3v) is 4.04. The fourth-order valence-corrected chi connectivity index (χ4v) is 2.50. The smallest absolute Gasteiger partial charge is 0.243 e. The van der Waals surface area contributed by atoms with Gasteiger partial charge in [0.25, 0.3) is 0 Å². The first-order chi connectivity index (χ1) is 12.1. The van der Waals surface area contributed by atoms with Gasteiger partial charge in [-0.1, -0.05) is 0 Å². The van der Waals surface area contributed by atoms with Crippen LogP contribution in [0.1, 0.15) is 19.3 Å². The van der Waals surface area contributed by atoms with E-state index in [9.17, 15) is 4.79 Å². The van der Waals surface area contributed by atoms with Crippen molar-refractivity contribution in [2.75, 3.05) is 74.3 Å². The highest BCUT2D eigenvalue weighted by Crippen LogP contribution is 2.14. The van der Waals surface area contributed by atoms with Crippen molar-refractivity contribution >= 4 is 11.9 Å². The number of piperidine rings is 1. The van der Waals surface area contributed by atoms with Crippen molar-refractivity contribution in [3.63, 3.8) is 0 Å². The zero-order valence-corrected chi connectivity index (χ0v) is 16.1. The molecule has 146 valence electrons. The Balaban J connectivity index is 2.47. The van der Waals surface area contributed by atoms with E-state index in [0.29, 0.717) is 13.2 Å². The number of nitrogens with one attached hydrogen (secondary N) is 1. The van der Waals surface area contributed by atoms with Crippen molar-refractivity contribution in [2.45, 2.75) is 25.4 Å². The Morgan fingerprint density at radius 1 is 1.16 bits per heavy atom. The van der Waals surface area contributed by atoms with Crippen molar-refractivity contribution in [3.8, 4) is 0 Å². The second kappa shape index (κ2) is 12.9. The molecule has 1 rings (SSSR count). The molecular formula is C17H34N4O4. The predicted octanol–water partition coefficient (Wildman–Crippen LogP) is 0.184. The number of hydrogen-bond acceptors (Lipinski definition) is 5. The Hall–Kier alpha value is -1.38. The fourth-order valence-electron chi connectivity index (χ4n) is 2.50. The average molecular weight is 358 g/mol. The Kier molecular flexibility index (Phi) is 11.2. The summed E-state index contributed by atoms with van der Waals surface area (Å²) in [6.45, 7) is 4.62. The van der Waals surface area contributed by atoms with Gasteiger partial charge in [0.2, 0.25) is 5.91 Å². The molecule has 25 heavy (non-hydrogen) atoms. The lowest BCUT2D eigenvalue weighted by atomic mass is 10.1. The van der Waals surface area contributed by atoms with Crippen LogP contribution in [0.3, 0.4) is 0 Å². The summed E-state index contributed by atoms with van der Waals surface area (Å²) in [6, 6.07) is 0. The van der Waals surface area contributed by atoms with Crippen LogP contribution in [0.15, 0.2) is 4.99 Å². The van der Waals surface area contributed by atoms with E-state index in [0.717, 1.165) is 51.5 Å². The quantitative estimate of drug-likeness (QED) is 0.341. The minimum atomic E-state index is -0.0117. The summed E-state index contributed by atoms with van der Waals surface area (Å²) in [5.41, 5.74) is 0. The summed E-state index contributed by atoms with van der Waals surface area (Å²) in [7, 11) is 6.85. The number of carbonyl (C=O) groups is 1. The maximum Gasteiger partial charge on any atom is 0.243 e. The molecule has 0 aromatic rings. The molecule has 0 aromatic carbocycles. The molecule has 0 aliphatic carbocycles. The van der Waals surface area contributed by atoms with Crippen LogP contribution in [0.4, 0.5) is 0 Å². The number of carbonyl (C=O) groups excluding carboxylic acids is 1. The van der Waals surface area contributed by atoms with Gasteiger partial charge < -0.3 is 29.3 Å². The standard InChI is InChI=1S/C17H34N4O4/c1-20(2)16(22)14-19-17(18-8-13-24-4)21-9-6-15(7-10-21)25-12-5-11-23-3/h15H,5-14H2,1-4H3,(H,18,19). The molecule has 8 heteroatoms. The van der Waals surface area contributed by atoms with Gasteiger partial charge in [-0.2, -0.15) is 0 Å². The zero-order valence-electron chi connectivity index (χ0n) is 16.1. The van der Waals surface area contributed by atoms with E-state index in [4.69, 9.17) is 14.2 Å². The number of methoxy groups -OCH3 is 2. The first kappa shape index (κ1) is 21.7. The third kappa shape index (κ3) is 9.04. The normalized spacial score (nSPS) is 16.2. The Bertz CT molecular complexity index is 396. The molecule has 1 aliphatic heterocycles. The first-order valence-corrected chi connectivity index (χ1v) is 8.91. The molecule has 0 aromatic heterocycles. The van der Waals surface area contributed by atoms with Crippen LogP contribution < -0.4 is 5.32 Å². The Morgan fingerprint density at radius 3 is 2.44 bits per heavy atom. The van der Waals surface area contributed by atoms with E-state index in [1.807, 2.05) is 0 Å². The Labute approximate surface area is 151 Å². The van der Waals surface area contributed by atoms with E-state index in [1.165, 1.54) is 0 Å². The fraction of sp³-hybridized carbons (Fsp3) is 0.882. The summed E-state index contributed by atoms with van der Waals surface area (Å²) < 4.78 is 16.0. The van der Waals surface area contributed by atoms with Crippen LogP contribution in [0.2, 0.25) is 0 Å². The molecule has 1 N–H and O–H groups in total. The van der Waals surface area contributed by atoms with Crippen molar-refractivity contribution in [1.82, 2.24) is 15.1 Å². The van der Waals surface area contributed by atoms with Gasteiger partial charge in [0, 0.05) is 61.2 Å². The summed E-state index contributed by atoms with van der Waals surface area (Å²) in [5, 5.41) is 3.28. The summed E-state index contributed by atoms with van der Waals surface area (Å²) in [4.78, 5) is 20.0. The number of nitrogens with zero attached hydrogens (tertiary/aromatic N) is 3. The van der Waals surface area contributed by atoms with Gasteiger partial charge in [-0.3, -0.25) is 4.79 Å². The monoisotopic (exact) mass is 358 g/mol. The molecule has 1 heterocycles. The average Bonchev–Trinajstić information content (AvgIpc) is 2.62. The number of rotatable bonds is 10. The number of ether oxygens (including phenoxy) is 3. The van der Waals surface area contributed by atoms with Crippen LogP contribution in [-0.2, 0) is 19.0 Å². The lowest BCUT2D eigenvalue weighted by Crippen LogP contribution is -2.48. The maximum absolute atomic E-state index is 11.8. The van der Waals surface area contributed by atoms with Gasteiger partial charge >= 0.3 is 0 Å². The van der Waals surface area contributed by atoms with Crippen LogP contribution >= 0.6 is 0 Å². The second-order valence-corrected chi connectivity index (χ2v) is 6.25. The number of aliphatic imine (C=N–C) groups is 1. The molecule has 0 spiro atoms. The summed E-state index contributed by atoms with van der Waals surface area (Å²) in [5.74, 6) is 0.757. The van der Waals surface area contributed by atoms with Gasteiger partial charge in [0.05, 0.1) is 12.7 Å². The lowest BCUT2D eigenvalue weighted by Gasteiger charge is -2.34. The van der Waals surface area contributed by atoms with Gasteiger partial charge in [-0.25, -0.2) is 4.99 Å². The number of hydrogen-bond donors (Lipinski definition) is 1. The van der Waals surface area contributed by atoms with Crippen molar-refractivity contribution < 1.29 is 19.0 Å². The third-order valence-electron chi connectivity index (χ3n) is 4.04. The van der Waals surface area contributed by atoms with E-state index < -0.39 is 0 Å². The molecule has 0 bridgehead atoms. The molecule has 8 nitrogen and oxygen atoms in total. The molecule has 1 amide bonds. The van der Waals surface area contributed by atoms with Crippen molar-refractivity contribution in [3.05, 3.63) is 0 Å². The van der Waals surface area contributed by atoms with Crippen molar-refractivity contribution in [2.24, 2.45) is 4.99 Å². The van der Waals surface area contributed by atoms with Gasteiger partial charge in [-0.15, -0.1) is 0 Å². The summed E-state index contributed by atoms with van der Waals surface area (Å²) in [6.07, 6.45) is 3.13. The van der Waals surface area contributed by atoms with Gasteiger partial charge in [0.1, 0.15) is 6.54 Å². The number of amides is 1. The molecule has 0 saturated carbocycles. The van der Waals surface area contributed by atoms with Crippen LogP contribution in [0.5, 0.6) is 0 Å². The summed E-state index contributed by atoms with van der Waals surface area (Å²) >= 11 is 0. The molecule has 1 fully saturated rings. The molecule has 0 atom stereocenters. The zero-order chi connectivity index (χ0) is 18.5. The largest absolute Gasteiger partial charge is 0.385 e. The number of likely N-dealkylation sites (N-methyl/N-ethyl adjacent to an activating group) is 1. The maximum atomic E-state index is 11.8. The van der Waals surface area contributed by atoms with E-state index in [2.05, 4.69) is 15.2 Å². The highest BCUT2D eigenvalue weighted by molar-refractivity contribution is 5.84. The van der Waals surface area contributed by atoms with Crippen LogP contribution in [-0.4, -0.2) is 102 Å².